The number of carbonyl (C=O) groups is 3. The van der Waals surface area contributed by atoms with Gasteiger partial charge in [-0.15, -0.1) is 0 Å². The minimum absolute atomic E-state index is 0.102. The Bertz CT molecular complexity index is 1150. The number of ether oxygens (including phenoxy) is 1. The lowest BCUT2D eigenvalue weighted by molar-refractivity contribution is 0.00691. The minimum Gasteiger partial charge on any atom is -0.456 e. The highest BCUT2D eigenvalue weighted by Crippen LogP contribution is 2.25. The molecule has 2 amide bonds. The molecule has 2 aromatic carbocycles. The van der Waals surface area contributed by atoms with Crippen LogP contribution in [0.4, 0.5) is 0 Å². The van der Waals surface area contributed by atoms with E-state index in [1.165, 1.54) is 12.1 Å². The predicted octanol–water partition coefficient (Wildman–Crippen LogP) is 4.39. The second kappa shape index (κ2) is 8.26. The van der Waals surface area contributed by atoms with E-state index >= 15 is 0 Å². The first kappa shape index (κ1) is 22.1. The zero-order chi connectivity index (χ0) is 22.9. The fourth-order valence-corrected chi connectivity index (χ4v) is 3.13. The maximum atomic E-state index is 12.5. The Kier molecular flexibility index (Phi) is 5.88. The minimum atomic E-state index is -0.612. The number of rotatable bonds is 3. The van der Waals surface area contributed by atoms with E-state index in [9.17, 15) is 14.4 Å². The van der Waals surface area contributed by atoms with E-state index in [-0.39, 0.29) is 5.76 Å². The summed E-state index contributed by atoms with van der Waals surface area (Å²) in [5.41, 5.74) is 7.94. The lowest BCUT2D eigenvalue weighted by atomic mass is 10.0. The normalized spacial score (nSPS) is 11.3. The number of nitrogens with one attached hydrogen (secondary N) is 2. The summed E-state index contributed by atoms with van der Waals surface area (Å²) in [5, 5.41) is 0.852. The van der Waals surface area contributed by atoms with Gasteiger partial charge in [0, 0.05) is 10.9 Å². The topological polar surface area (TPSA) is 97.6 Å². The van der Waals surface area contributed by atoms with Crippen LogP contribution in [0.2, 0.25) is 0 Å². The highest BCUT2D eigenvalue weighted by atomic mass is 16.6. The number of benzene rings is 2. The smallest absolute Gasteiger partial charge is 0.338 e. The third-order valence-corrected chi connectivity index (χ3v) is 4.72. The molecule has 7 nitrogen and oxygen atoms in total. The van der Waals surface area contributed by atoms with Gasteiger partial charge in [-0.3, -0.25) is 20.4 Å². The Labute approximate surface area is 180 Å². The first-order chi connectivity index (χ1) is 14.5. The van der Waals surface area contributed by atoms with Gasteiger partial charge in [0.15, 0.2) is 5.76 Å². The SMILES string of the molecule is Cc1cc(C(=O)OC(C)(C)C)ccc1C(=O)NNC(=O)c1cc2c(C)ccc(C)c2o1. The van der Waals surface area contributed by atoms with Crippen LogP contribution in [0.5, 0.6) is 0 Å². The van der Waals surface area contributed by atoms with Gasteiger partial charge in [-0.1, -0.05) is 12.1 Å². The molecule has 31 heavy (non-hydrogen) atoms. The Balaban J connectivity index is 1.69. The van der Waals surface area contributed by atoms with Gasteiger partial charge in [-0.05, 0) is 82.5 Å². The van der Waals surface area contributed by atoms with Gasteiger partial charge < -0.3 is 9.15 Å². The lowest BCUT2D eigenvalue weighted by Gasteiger charge is -2.19. The van der Waals surface area contributed by atoms with Crippen LogP contribution < -0.4 is 10.9 Å². The summed E-state index contributed by atoms with van der Waals surface area (Å²) in [6, 6.07) is 10.1. The number of hydrogen-bond donors (Lipinski definition) is 2. The van der Waals surface area contributed by atoms with Crippen molar-refractivity contribution in [3.8, 4) is 0 Å². The number of esters is 1. The maximum Gasteiger partial charge on any atom is 0.338 e. The van der Waals surface area contributed by atoms with Crippen LogP contribution in [0.3, 0.4) is 0 Å². The highest BCUT2D eigenvalue weighted by molar-refractivity contribution is 6.01. The van der Waals surface area contributed by atoms with E-state index in [1.807, 2.05) is 26.0 Å². The average molecular weight is 422 g/mol. The Morgan fingerprint density at radius 1 is 0.839 bits per heavy atom. The van der Waals surface area contributed by atoms with Gasteiger partial charge in [-0.2, -0.15) is 0 Å². The molecular weight excluding hydrogens is 396 g/mol. The Hall–Kier alpha value is -3.61. The number of carbonyl (C=O) groups excluding carboxylic acids is 3. The van der Waals surface area contributed by atoms with Crippen molar-refractivity contribution in [1.29, 1.82) is 0 Å². The van der Waals surface area contributed by atoms with Gasteiger partial charge >= 0.3 is 11.9 Å². The van der Waals surface area contributed by atoms with Crippen molar-refractivity contribution in [3.05, 3.63) is 70.0 Å². The number of furan rings is 1. The van der Waals surface area contributed by atoms with Crippen LogP contribution in [-0.2, 0) is 4.74 Å². The van der Waals surface area contributed by atoms with Gasteiger partial charge in [0.1, 0.15) is 11.2 Å². The third-order valence-electron chi connectivity index (χ3n) is 4.72. The molecule has 0 aliphatic rings. The first-order valence-electron chi connectivity index (χ1n) is 9.90. The first-order valence-corrected chi connectivity index (χ1v) is 9.90. The molecule has 0 atom stereocenters. The van der Waals surface area contributed by atoms with Crippen molar-refractivity contribution >= 4 is 28.8 Å². The zero-order valence-electron chi connectivity index (χ0n) is 18.5. The van der Waals surface area contributed by atoms with E-state index in [4.69, 9.17) is 9.15 Å². The van der Waals surface area contributed by atoms with E-state index < -0.39 is 23.4 Å². The predicted molar refractivity (Wildman–Crippen MR) is 117 cm³/mol. The molecule has 0 unspecified atom stereocenters. The van der Waals surface area contributed by atoms with Crippen molar-refractivity contribution in [2.24, 2.45) is 0 Å². The molecule has 0 aliphatic heterocycles. The molecule has 0 bridgehead atoms. The molecule has 0 saturated heterocycles. The lowest BCUT2D eigenvalue weighted by Crippen LogP contribution is -2.41. The molecule has 0 aliphatic carbocycles. The standard InChI is InChI=1S/C24H26N2O5/c1-13-7-8-14(2)20-18(13)12-19(30-20)22(28)26-25-21(27)17-10-9-16(11-15(17)3)23(29)31-24(4,5)6/h7-12H,1-6H3,(H,25,27)(H,26,28). The summed E-state index contributed by atoms with van der Waals surface area (Å²) < 4.78 is 11.0. The van der Waals surface area contributed by atoms with Gasteiger partial charge in [0.05, 0.1) is 5.56 Å². The quantitative estimate of drug-likeness (QED) is 0.482. The van der Waals surface area contributed by atoms with Gasteiger partial charge in [0.2, 0.25) is 0 Å². The zero-order valence-corrected chi connectivity index (χ0v) is 18.5. The van der Waals surface area contributed by atoms with Crippen LogP contribution in [0, 0.1) is 20.8 Å². The molecular formula is C24H26N2O5. The highest BCUT2D eigenvalue weighted by Gasteiger charge is 2.20. The summed E-state index contributed by atoms with van der Waals surface area (Å²) in [5.74, 6) is -1.44. The molecule has 7 heteroatoms. The molecule has 0 radical (unpaired) electrons. The van der Waals surface area contributed by atoms with Crippen molar-refractivity contribution in [2.45, 2.75) is 47.1 Å². The van der Waals surface area contributed by atoms with Crippen molar-refractivity contribution in [2.75, 3.05) is 0 Å². The van der Waals surface area contributed by atoms with Crippen molar-refractivity contribution in [1.82, 2.24) is 10.9 Å². The molecule has 3 aromatic rings. The number of aryl methyl sites for hydroxylation is 3. The molecule has 0 spiro atoms. The maximum absolute atomic E-state index is 12.5. The Morgan fingerprint density at radius 3 is 2.10 bits per heavy atom. The van der Waals surface area contributed by atoms with Crippen LogP contribution in [-0.4, -0.2) is 23.4 Å². The summed E-state index contributed by atoms with van der Waals surface area (Å²) in [6.07, 6.45) is 0. The molecule has 2 N–H and O–H groups in total. The number of amides is 2. The van der Waals surface area contributed by atoms with Crippen molar-refractivity contribution < 1.29 is 23.5 Å². The van der Waals surface area contributed by atoms with E-state index in [0.29, 0.717) is 22.3 Å². The van der Waals surface area contributed by atoms with E-state index in [0.717, 1.165) is 16.5 Å². The number of fused-ring (bicyclic) bond motifs is 1. The van der Waals surface area contributed by atoms with Crippen LogP contribution in [0.15, 0.2) is 40.8 Å². The molecule has 1 heterocycles. The molecule has 3 rings (SSSR count). The summed E-state index contributed by atoms with van der Waals surface area (Å²) in [4.78, 5) is 37.2. The molecule has 162 valence electrons. The monoisotopic (exact) mass is 422 g/mol. The van der Waals surface area contributed by atoms with Crippen LogP contribution in [0.1, 0.15) is 68.7 Å². The molecule has 0 saturated carbocycles. The van der Waals surface area contributed by atoms with Crippen LogP contribution in [0.25, 0.3) is 11.0 Å². The van der Waals surface area contributed by atoms with Gasteiger partial charge in [0.25, 0.3) is 5.91 Å². The third kappa shape index (κ3) is 4.94. The van der Waals surface area contributed by atoms with Crippen molar-refractivity contribution in [3.63, 3.8) is 0 Å². The summed E-state index contributed by atoms with van der Waals surface area (Å²) >= 11 is 0. The molecule has 1 aromatic heterocycles. The Morgan fingerprint density at radius 2 is 1.48 bits per heavy atom. The van der Waals surface area contributed by atoms with Gasteiger partial charge in [-0.25, -0.2) is 4.79 Å². The van der Waals surface area contributed by atoms with E-state index in [1.54, 1.807) is 39.8 Å². The summed E-state index contributed by atoms with van der Waals surface area (Å²) in [6.45, 7) is 10.9. The van der Waals surface area contributed by atoms with E-state index in [2.05, 4.69) is 10.9 Å². The second-order valence-corrected chi connectivity index (χ2v) is 8.49. The number of hydrogen-bond acceptors (Lipinski definition) is 5. The number of hydrazine groups is 1. The second-order valence-electron chi connectivity index (χ2n) is 8.49. The molecule has 0 fully saturated rings. The van der Waals surface area contributed by atoms with Crippen LogP contribution >= 0.6 is 0 Å². The summed E-state index contributed by atoms with van der Waals surface area (Å²) in [7, 11) is 0. The largest absolute Gasteiger partial charge is 0.456 e. The average Bonchev–Trinajstić information content (AvgIpc) is 3.14. The fraction of sp³-hybridized carbons (Fsp3) is 0.292. The fourth-order valence-electron chi connectivity index (χ4n) is 3.13.